The van der Waals surface area contributed by atoms with E-state index in [1.165, 1.54) is 70.6 Å². The molecule has 0 amide bonds. The average molecular weight is 955 g/mol. The van der Waals surface area contributed by atoms with E-state index < -0.39 is 13.9 Å². The number of likely N-dealkylation sites (N-methyl/N-ethyl adjacent to an activating group) is 1. The summed E-state index contributed by atoms with van der Waals surface area (Å²) in [7, 11) is 1.64. The Morgan fingerprint density at radius 1 is 0.463 bits per heavy atom. The van der Waals surface area contributed by atoms with Crippen LogP contribution < -0.4 is 0 Å². The Morgan fingerprint density at radius 2 is 0.821 bits per heavy atom. The van der Waals surface area contributed by atoms with Crippen molar-refractivity contribution in [2.75, 3.05) is 54.1 Å². The van der Waals surface area contributed by atoms with Gasteiger partial charge in [-0.15, -0.1) is 0 Å². The lowest BCUT2D eigenvalue weighted by molar-refractivity contribution is -0.870. The second kappa shape index (κ2) is 49.6. The van der Waals surface area contributed by atoms with Crippen molar-refractivity contribution < 1.29 is 37.3 Å². The Balaban J connectivity index is 4.18. The number of ether oxygens (including phenoxy) is 2. The molecule has 2 atom stereocenters. The SMILES string of the molecule is CC/C=C\C/C=C\C/C=C\C/C=C\C/C=C\CCCCCCCCCCCC(=O)OC(COCCCCCCCCC/C=C\C/C=C\C/C=C\C/C=C\CC)COP(=O)(O)OCC[N+](C)(C)C. The van der Waals surface area contributed by atoms with Gasteiger partial charge in [-0.1, -0.05) is 200 Å². The summed E-state index contributed by atoms with van der Waals surface area (Å²) >= 11 is 0. The van der Waals surface area contributed by atoms with Crippen LogP contribution in [0, 0.1) is 0 Å². The van der Waals surface area contributed by atoms with Gasteiger partial charge >= 0.3 is 13.8 Å². The molecule has 0 aromatic rings. The molecule has 0 spiro atoms. The van der Waals surface area contributed by atoms with Crippen molar-refractivity contribution in [3.63, 3.8) is 0 Å². The quantitative estimate of drug-likeness (QED) is 0.0214. The second-order valence-electron chi connectivity index (χ2n) is 18.5. The third-order valence-electron chi connectivity index (χ3n) is 10.8. The van der Waals surface area contributed by atoms with Gasteiger partial charge in [0.15, 0.2) is 0 Å². The van der Waals surface area contributed by atoms with Crippen molar-refractivity contribution in [1.29, 1.82) is 0 Å². The molecule has 0 saturated heterocycles. The Morgan fingerprint density at radius 3 is 1.22 bits per heavy atom. The topological polar surface area (TPSA) is 91.3 Å². The van der Waals surface area contributed by atoms with E-state index in [1.54, 1.807) is 0 Å². The van der Waals surface area contributed by atoms with Crippen LogP contribution in [0.4, 0.5) is 0 Å². The summed E-state index contributed by atoms with van der Waals surface area (Å²) in [6, 6.07) is 0. The first-order valence-electron chi connectivity index (χ1n) is 26.6. The molecule has 0 rings (SSSR count). The first-order chi connectivity index (χ1) is 32.6. The monoisotopic (exact) mass is 955 g/mol. The minimum atomic E-state index is -4.30. The van der Waals surface area contributed by atoms with Crippen LogP contribution in [0.25, 0.3) is 0 Å². The third kappa shape index (κ3) is 54.0. The van der Waals surface area contributed by atoms with Crippen LogP contribution in [-0.2, 0) is 27.9 Å². The molecule has 1 N–H and O–H groups in total. The van der Waals surface area contributed by atoms with Crippen LogP contribution >= 0.6 is 7.82 Å². The van der Waals surface area contributed by atoms with Gasteiger partial charge in [0.1, 0.15) is 19.3 Å². The number of hydrogen-bond donors (Lipinski definition) is 1. The van der Waals surface area contributed by atoms with E-state index in [0.717, 1.165) is 103 Å². The first kappa shape index (κ1) is 64.2. The number of esters is 1. The zero-order valence-corrected chi connectivity index (χ0v) is 44.5. The normalized spacial score (nSPS) is 14.4. The van der Waals surface area contributed by atoms with Gasteiger partial charge in [-0.05, 0) is 96.3 Å². The highest BCUT2D eigenvalue weighted by Crippen LogP contribution is 2.43. The summed E-state index contributed by atoms with van der Waals surface area (Å²) in [6.45, 7) is 5.35. The second-order valence-corrected chi connectivity index (χ2v) is 19.9. The van der Waals surface area contributed by atoms with Crippen LogP contribution in [-0.4, -0.2) is 75.6 Å². The number of carbonyl (C=O) groups is 1. The summed E-state index contributed by atoms with van der Waals surface area (Å²) in [5, 5.41) is 0. The molecule has 0 heterocycles. The van der Waals surface area contributed by atoms with Crippen molar-refractivity contribution in [3.05, 3.63) is 109 Å². The minimum absolute atomic E-state index is 0.0787. The fourth-order valence-electron chi connectivity index (χ4n) is 6.81. The van der Waals surface area contributed by atoms with Gasteiger partial charge in [0, 0.05) is 13.0 Å². The molecule has 8 nitrogen and oxygen atoms in total. The molecule has 67 heavy (non-hydrogen) atoms. The Hall–Kier alpha value is -2.84. The molecule has 0 saturated carbocycles. The third-order valence-corrected chi connectivity index (χ3v) is 11.8. The number of hydrogen-bond acceptors (Lipinski definition) is 6. The number of phosphoric ester groups is 1. The maximum Gasteiger partial charge on any atom is 0.472 e. The van der Waals surface area contributed by atoms with Gasteiger partial charge in [-0.25, -0.2) is 4.57 Å². The van der Waals surface area contributed by atoms with E-state index in [-0.39, 0.29) is 25.8 Å². The standard InChI is InChI=1S/C58H100NO7P/c1-6-8-10-12-14-16-18-20-22-24-26-28-29-30-31-32-33-35-37-39-41-43-45-47-49-51-58(60)66-57(56-65-67(61,62)64-54-52-59(3,4)5)55-63-53-50-48-46-44-42-40-38-36-34-27-25-23-21-19-17-15-13-11-9-7-2/h8-11,14-17,20-23,26-28,30-31,34,57H,6-7,12-13,18-19,24-25,29,32-33,35-56H2,1-5H3/p+1/b10-8-,11-9-,16-14-,17-15-,22-20-,23-21-,28-26-,31-30-,34-27-. The van der Waals surface area contributed by atoms with Gasteiger partial charge in [0.2, 0.25) is 0 Å². The van der Waals surface area contributed by atoms with E-state index >= 15 is 0 Å². The smallest absolute Gasteiger partial charge is 0.457 e. The molecular weight excluding hydrogens is 854 g/mol. The molecule has 2 unspecified atom stereocenters. The van der Waals surface area contributed by atoms with E-state index in [2.05, 4.69) is 123 Å². The summed E-state index contributed by atoms with van der Waals surface area (Å²) in [6.07, 6.45) is 69.9. The number of unbranched alkanes of at least 4 members (excludes halogenated alkanes) is 16. The molecule has 9 heteroatoms. The fraction of sp³-hybridized carbons (Fsp3) is 0.672. The molecule has 0 aliphatic carbocycles. The maximum absolute atomic E-state index is 12.8. The Bertz CT molecular complexity index is 1430. The predicted octanol–water partition coefficient (Wildman–Crippen LogP) is 16.7. The molecule has 0 bridgehead atoms. The Kier molecular flexibility index (Phi) is 47.5. The zero-order valence-electron chi connectivity index (χ0n) is 43.6. The van der Waals surface area contributed by atoms with Crippen molar-refractivity contribution in [2.45, 2.75) is 200 Å². The van der Waals surface area contributed by atoms with Crippen LogP contribution in [0.5, 0.6) is 0 Å². The van der Waals surface area contributed by atoms with Crippen molar-refractivity contribution in [1.82, 2.24) is 0 Å². The molecule has 0 radical (unpaired) electrons. The van der Waals surface area contributed by atoms with Crippen LogP contribution in [0.15, 0.2) is 109 Å². The van der Waals surface area contributed by atoms with E-state index in [4.69, 9.17) is 18.5 Å². The van der Waals surface area contributed by atoms with Gasteiger partial charge in [-0.3, -0.25) is 13.8 Å². The van der Waals surface area contributed by atoms with Crippen molar-refractivity contribution in [3.8, 4) is 0 Å². The zero-order chi connectivity index (χ0) is 49.0. The molecule has 0 aliphatic rings. The number of nitrogens with zero attached hydrogens (tertiary/aromatic N) is 1. The van der Waals surface area contributed by atoms with Crippen LogP contribution in [0.1, 0.15) is 194 Å². The van der Waals surface area contributed by atoms with Crippen LogP contribution in [0.2, 0.25) is 0 Å². The fourth-order valence-corrected chi connectivity index (χ4v) is 7.55. The van der Waals surface area contributed by atoms with Gasteiger partial charge in [0.25, 0.3) is 0 Å². The Labute approximate surface area is 412 Å². The average Bonchev–Trinajstić information content (AvgIpc) is 3.29. The lowest BCUT2D eigenvalue weighted by Crippen LogP contribution is -2.37. The number of quaternary nitrogens is 1. The number of phosphoric acid groups is 1. The molecule has 0 aromatic carbocycles. The van der Waals surface area contributed by atoms with Gasteiger partial charge < -0.3 is 18.9 Å². The van der Waals surface area contributed by atoms with E-state index in [0.29, 0.717) is 24.1 Å². The highest BCUT2D eigenvalue weighted by atomic mass is 31.2. The lowest BCUT2D eigenvalue weighted by atomic mass is 10.1. The number of rotatable bonds is 48. The largest absolute Gasteiger partial charge is 0.472 e. The summed E-state index contributed by atoms with van der Waals surface area (Å²) in [4.78, 5) is 23.0. The summed E-state index contributed by atoms with van der Waals surface area (Å²) in [5.74, 6) is -0.328. The molecular formula is C58H101NO7P+. The number of carbonyl (C=O) groups excluding carboxylic acids is 1. The molecule has 0 fully saturated rings. The van der Waals surface area contributed by atoms with Crippen LogP contribution in [0.3, 0.4) is 0 Å². The molecule has 0 aromatic heterocycles. The molecule has 384 valence electrons. The molecule has 0 aliphatic heterocycles. The highest BCUT2D eigenvalue weighted by Gasteiger charge is 2.26. The van der Waals surface area contributed by atoms with Gasteiger partial charge in [0.05, 0.1) is 34.4 Å². The van der Waals surface area contributed by atoms with E-state index in [1.807, 2.05) is 21.1 Å². The first-order valence-corrected chi connectivity index (χ1v) is 28.1. The predicted molar refractivity (Wildman–Crippen MR) is 288 cm³/mol. The summed E-state index contributed by atoms with van der Waals surface area (Å²) < 4.78 is 35.2. The van der Waals surface area contributed by atoms with Crippen molar-refractivity contribution in [2.24, 2.45) is 0 Å². The van der Waals surface area contributed by atoms with Crippen molar-refractivity contribution >= 4 is 13.8 Å². The highest BCUT2D eigenvalue weighted by molar-refractivity contribution is 7.47. The summed E-state index contributed by atoms with van der Waals surface area (Å²) in [5.41, 5.74) is 0. The van der Waals surface area contributed by atoms with Gasteiger partial charge in [-0.2, -0.15) is 0 Å². The van der Waals surface area contributed by atoms with E-state index in [9.17, 15) is 14.3 Å². The number of allylic oxidation sites excluding steroid dienone is 18. The minimum Gasteiger partial charge on any atom is -0.457 e. The lowest BCUT2D eigenvalue weighted by Gasteiger charge is -2.24. The maximum atomic E-state index is 12.8.